The Bertz CT molecular complexity index is 886. The summed E-state index contributed by atoms with van der Waals surface area (Å²) in [4.78, 5) is 28.9. The zero-order valence-electron chi connectivity index (χ0n) is 16.8. The minimum absolute atomic E-state index is 0.0960. The maximum atomic E-state index is 12.5. The number of aliphatic imine (C=N–C) groups is 1. The molecule has 0 unspecified atom stereocenters. The Morgan fingerprint density at radius 1 is 0.967 bits per heavy atom. The maximum absolute atomic E-state index is 12.5. The number of rotatable bonds is 7. The zero-order chi connectivity index (χ0) is 21.3. The topological polar surface area (TPSA) is 117 Å². The molecule has 0 atom stereocenters. The Morgan fingerprint density at radius 3 is 2.40 bits per heavy atom. The van der Waals surface area contributed by atoms with Crippen molar-refractivity contribution in [3.8, 4) is 5.75 Å². The van der Waals surface area contributed by atoms with Crippen LogP contribution in [0.15, 0.2) is 59.6 Å². The third-order valence-corrected chi connectivity index (χ3v) is 5.21. The highest BCUT2D eigenvalue weighted by Gasteiger charge is 2.27. The van der Waals surface area contributed by atoms with Crippen LogP contribution in [-0.2, 0) is 16.1 Å². The van der Waals surface area contributed by atoms with Crippen LogP contribution in [-0.4, -0.2) is 24.4 Å². The Kier molecular flexibility index (Phi) is 7.43. The zero-order valence-corrected chi connectivity index (χ0v) is 16.8. The summed E-state index contributed by atoms with van der Waals surface area (Å²) in [6, 6.07) is 16.0. The van der Waals surface area contributed by atoms with Gasteiger partial charge in [-0.2, -0.15) is 0 Å². The number of hydrogen-bond acceptors (Lipinski definition) is 5. The predicted molar refractivity (Wildman–Crippen MR) is 114 cm³/mol. The fraction of sp³-hybridized carbons (Fsp3) is 0.348. The molecule has 0 heterocycles. The van der Waals surface area contributed by atoms with Crippen molar-refractivity contribution in [1.82, 2.24) is 0 Å². The van der Waals surface area contributed by atoms with Crippen molar-refractivity contribution in [3.05, 3.63) is 65.7 Å². The van der Waals surface area contributed by atoms with Gasteiger partial charge in [-0.25, -0.2) is 4.79 Å². The molecular formula is C23H27N3O4. The van der Waals surface area contributed by atoms with Gasteiger partial charge in [-0.05, 0) is 55.4 Å². The van der Waals surface area contributed by atoms with E-state index in [0.717, 1.165) is 31.2 Å². The average molecular weight is 409 g/mol. The van der Waals surface area contributed by atoms with Crippen LogP contribution in [0.3, 0.4) is 0 Å². The molecule has 30 heavy (non-hydrogen) atoms. The van der Waals surface area contributed by atoms with Gasteiger partial charge in [0.05, 0.1) is 11.5 Å². The highest BCUT2D eigenvalue weighted by atomic mass is 16.5. The lowest BCUT2D eigenvalue weighted by atomic mass is 9.82. The average Bonchev–Trinajstić information content (AvgIpc) is 2.77. The highest BCUT2D eigenvalue weighted by molar-refractivity contribution is 5.90. The van der Waals surface area contributed by atoms with Crippen LogP contribution in [0, 0.1) is 11.8 Å². The largest absolute Gasteiger partial charge is 0.457 e. The quantitative estimate of drug-likeness (QED) is 0.314. The number of nitrogens with two attached hydrogens (primary N) is 2. The number of carbonyl (C=O) groups excluding carboxylic acids is 2. The number of nitrogens with zero attached hydrogens (tertiary/aromatic N) is 1. The smallest absolute Gasteiger partial charge is 0.338 e. The van der Waals surface area contributed by atoms with Crippen molar-refractivity contribution < 1.29 is 19.1 Å². The lowest BCUT2D eigenvalue weighted by molar-refractivity contribution is -0.140. The number of guanidine groups is 1. The van der Waals surface area contributed by atoms with Crippen molar-refractivity contribution in [1.29, 1.82) is 0 Å². The van der Waals surface area contributed by atoms with Gasteiger partial charge >= 0.3 is 11.9 Å². The van der Waals surface area contributed by atoms with Gasteiger partial charge in [-0.15, -0.1) is 0 Å². The normalized spacial score (nSPS) is 18.3. The van der Waals surface area contributed by atoms with E-state index in [1.807, 2.05) is 30.3 Å². The summed E-state index contributed by atoms with van der Waals surface area (Å²) in [5.74, 6) is -0.0643. The van der Waals surface area contributed by atoms with Crippen molar-refractivity contribution in [3.63, 3.8) is 0 Å². The first-order chi connectivity index (χ1) is 14.5. The van der Waals surface area contributed by atoms with Crippen molar-refractivity contribution in [2.45, 2.75) is 32.3 Å². The third kappa shape index (κ3) is 6.34. The van der Waals surface area contributed by atoms with E-state index in [4.69, 9.17) is 20.9 Å². The number of carbonyl (C=O) groups is 2. The van der Waals surface area contributed by atoms with Gasteiger partial charge in [-0.3, -0.25) is 9.79 Å². The van der Waals surface area contributed by atoms with Crippen LogP contribution in [0.4, 0.5) is 0 Å². The Hall–Kier alpha value is -3.35. The summed E-state index contributed by atoms with van der Waals surface area (Å²) in [5.41, 5.74) is 12.0. The predicted octanol–water partition coefficient (Wildman–Crippen LogP) is 3.03. The summed E-state index contributed by atoms with van der Waals surface area (Å²) in [6.07, 6.45) is 3.23. The summed E-state index contributed by atoms with van der Waals surface area (Å²) in [7, 11) is 0. The van der Waals surface area contributed by atoms with Gasteiger partial charge in [-0.1, -0.05) is 36.4 Å². The molecule has 1 aliphatic rings. The van der Waals surface area contributed by atoms with Crippen LogP contribution >= 0.6 is 0 Å². The molecule has 0 radical (unpaired) electrons. The fourth-order valence-electron chi connectivity index (χ4n) is 3.51. The summed E-state index contributed by atoms with van der Waals surface area (Å²) >= 11 is 0. The molecule has 3 rings (SSSR count). The SMILES string of the molecule is NC(N)=NCC1CCC(C(=O)Oc2cccc(C(=O)OCc3ccccc3)c2)CC1. The van der Waals surface area contributed by atoms with E-state index in [2.05, 4.69) is 4.99 Å². The Labute approximate surface area is 176 Å². The number of ether oxygens (including phenoxy) is 2. The van der Waals surface area contributed by atoms with E-state index in [-0.39, 0.29) is 24.5 Å². The van der Waals surface area contributed by atoms with Gasteiger partial charge < -0.3 is 20.9 Å². The number of benzene rings is 2. The molecule has 1 fully saturated rings. The Balaban J connectivity index is 1.50. The lowest BCUT2D eigenvalue weighted by Crippen LogP contribution is -2.28. The van der Waals surface area contributed by atoms with E-state index < -0.39 is 5.97 Å². The third-order valence-electron chi connectivity index (χ3n) is 5.21. The molecule has 1 aliphatic carbocycles. The van der Waals surface area contributed by atoms with Crippen molar-refractivity contribution >= 4 is 17.9 Å². The lowest BCUT2D eigenvalue weighted by Gasteiger charge is -2.26. The number of hydrogen-bond donors (Lipinski definition) is 2. The molecule has 0 saturated heterocycles. The fourth-order valence-corrected chi connectivity index (χ4v) is 3.51. The van der Waals surface area contributed by atoms with Crippen LogP contribution in [0.25, 0.3) is 0 Å². The molecule has 4 N–H and O–H groups in total. The second-order valence-corrected chi connectivity index (χ2v) is 7.49. The molecule has 2 aromatic carbocycles. The molecule has 7 heteroatoms. The second-order valence-electron chi connectivity index (χ2n) is 7.49. The molecule has 0 spiro atoms. The Morgan fingerprint density at radius 2 is 1.70 bits per heavy atom. The first kappa shape index (κ1) is 21.4. The first-order valence-corrected chi connectivity index (χ1v) is 10.1. The molecule has 158 valence electrons. The summed E-state index contributed by atoms with van der Waals surface area (Å²) in [5, 5.41) is 0. The van der Waals surface area contributed by atoms with Gasteiger partial charge in [0.15, 0.2) is 5.96 Å². The van der Waals surface area contributed by atoms with Crippen LogP contribution in [0.5, 0.6) is 5.75 Å². The van der Waals surface area contributed by atoms with E-state index in [9.17, 15) is 9.59 Å². The minimum atomic E-state index is -0.461. The minimum Gasteiger partial charge on any atom is -0.457 e. The molecular weight excluding hydrogens is 382 g/mol. The molecule has 1 saturated carbocycles. The molecule has 2 aromatic rings. The summed E-state index contributed by atoms with van der Waals surface area (Å²) in [6.45, 7) is 0.782. The van der Waals surface area contributed by atoms with Gasteiger partial charge in [0, 0.05) is 6.54 Å². The van der Waals surface area contributed by atoms with Gasteiger partial charge in [0.2, 0.25) is 0 Å². The van der Waals surface area contributed by atoms with Crippen LogP contribution in [0.2, 0.25) is 0 Å². The van der Waals surface area contributed by atoms with Gasteiger partial charge in [0.1, 0.15) is 12.4 Å². The molecule has 0 bridgehead atoms. The van der Waals surface area contributed by atoms with E-state index in [1.165, 1.54) is 6.07 Å². The second kappa shape index (κ2) is 10.4. The molecule has 0 aromatic heterocycles. The van der Waals surface area contributed by atoms with E-state index in [0.29, 0.717) is 23.8 Å². The molecule has 7 nitrogen and oxygen atoms in total. The maximum Gasteiger partial charge on any atom is 0.338 e. The van der Waals surface area contributed by atoms with Gasteiger partial charge in [0.25, 0.3) is 0 Å². The highest BCUT2D eigenvalue weighted by Crippen LogP contribution is 2.30. The van der Waals surface area contributed by atoms with E-state index in [1.54, 1.807) is 18.2 Å². The van der Waals surface area contributed by atoms with Crippen LogP contribution < -0.4 is 16.2 Å². The first-order valence-electron chi connectivity index (χ1n) is 10.1. The summed E-state index contributed by atoms with van der Waals surface area (Å²) < 4.78 is 10.9. The van der Waals surface area contributed by atoms with Crippen molar-refractivity contribution in [2.24, 2.45) is 28.3 Å². The van der Waals surface area contributed by atoms with E-state index >= 15 is 0 Å². The van der Waals surface area contributed by atoms with Crippen LogP contribution in [0.1, 0.15) is 41.6 Å². The van der Waals surface area contributed by atoms with Crippen molar-refractivity contribution in [2.75, 3.05) is 6.54 Å². The monoisotopic (exact) mass is 409 g/mol. The molecule has 0 aliphatic heterocycles. The molecule has 0 amide bonds. The number of esters is 2. The standard InChI is InChI=1S/C23H27N3O4/c24-23(25)26-14-16-9-11-18(12-10-16)22(28)30-20-8-4-7-19(13-20)21(27)29-15-17-5-2-1-3-6-17/h1-8,13,16,18H,9-12,14-15H2,(H4,24,25,26).